The molecule has 0 radical (unpaired) electrons. The number of phosphoric acid groups is 1. The minimum absolute atomic E-state index is 0.141. The van der Waals surface area contributed by atoms with Gasteiger partial charge in [-0.2, -0.15) is 0 Å². The number of hydrogen-bond donors (Lipinski definition) is 4. The lowest BCUT2D eigenvalue weighted by atomic mass is 10.1. The van der Waals surface area contributed by atoms with Gasteiger partial charge in [0.05, 0.1) is 20.1 Å². The summed E-state index contributed by atoms with van der Waals surface area (Å²) in [5, 5.41) is 29.9. The first-order valence-electron chi connectivity index (χ1n) is 9.39. The van der Waals surface area contributed by atoms with E-state index >= 15 is 4.39 Å². The van der Waals surface area contributed by atoms with Crippen LogP contribution in [0.1, 0.15) is 18.7 Å². The highest BCUT2D eigenvalue weighted by atomic mass is 32.1. The van der Waals surface area contributed by atoms with E-state index in [1.54, 1.807) is 18.2 Å². The zero-order valence-corrected chi connectivity index (χ0v) is 17.3. The van der Waals surface area contributed by atoms with Gasteiger partial charge in [-0.15, -0.1) is 0 Å². The Hall–Kier alpha value is -1.96. The van der Waals surface area contributed by atoms with Crippen molar-refractivity contribution in [3.8, 4) is 5.75 Å². The van der Waals surface area contributed by atoms with Crippen molar-refractivity contribution >= 4 is 20.0 Å². The molecular weight excluding hydrogens is 458 g/mol. The maximum absolute atomic E-state index is 15.5. The molecule has 0 saturated carbocycles. The second kappa shape index (κ2) is 8.19. The predicted octanol–water partition coefficient (Wildman–Crippen LogP) is 1.05. The van der Waals surface area contributed by atoms with Crippen LogP contribution in [0.5, 0.6) is 5.75 Å². The average Bonchev–Trinajstić information content (AvgIpc) is 2.93. The van der Waals surface area contributed by atoms with Gasteiger partial charge in [-0.3, -0.25) is 23.4 Å². The van der Waals surface area contributed by atoms with E-state index in [1.807, 2.05) is 0 Å². The number of para-hydroxylation sites is 1. The maximum atomic E-state index is 15.5. The molecule has 3 heterocycles. The van der Waals surface area contributed by atoms with E-state index in [0.717, 1.165) is 6.20 Å². The SMILES string of the molecule is [2H][C@@]1(n2cc(CO)c(=O)[nH]c2=S)O[C@](F)(COP2(=O)OCc3ccccc3O2)[C@@H](O)[C@H]1O. The van der Waals surface area contributed by atoms with Gasteiger partial charge in [0.1, 0.15) is 24.6 Å². The van der Waals surface area contributed by atoms with E-state index in [9.17, 15) is 24.7 Å². The highest BCUT2D eigenvalue weighted by Crippen LogP contribution is 2.55. The largest absolute Gasteiger partial charge is 0.530 e. The summed E-state index contributed by atoms with van der Waals surface area (Å²) in [6.07, 6.45) is -6.45. The number of hydrogen-bond acceptors (Lipinski definition) is 10. The van der Waals surface area contributed by atoms with Crippen LogP contribution in [-0.2, 0) is 31.6 Å². The average molecular weight is 477 g/mol. The number of H-pyrrole nitrogens is 1. The fourth-order valence-electron chi connectivity index (χ4n) is 3.00. The standard InChI is InChI=1S/C17H18FN2O9PS/c18-17(8-27-30(25)26-7-9-3-1-2-4-11(9)29-30)13(23)12(22)15(28-17)20-5-10(6-21)14(24)19-16(20)31/h1-5,12-13,15,21-23H,6-8H2,(H,19,24,31)/t12-,13+,15-,17-,30?/m1/s1/i15D. The lowest BCUT2D eigenvalue weighted by Gasteiger charge is -2.28. The van der Waals surface area contributed by atoms with Gasteiger partial charge < -0.3 is 24.6 Å². The Bertz CT molecular complexity index is 1210. The zero-order valence-electron chi connectivity index (χ0n) is 16.6. The molecule has 31 heavy (non-hydrogen) atoms. The van der Waals surface area contributed by atoms with Gasteiger partial charge in [-0.1, -0.05) is 18.2 Å². The van der Waals surface area contributed by atoms with Crippen LogP contribution in [-0.4, -0.2) is 49.5 Å². The summed E-state index contributed by atoms with van der Waals surface area (Å²) in [5.41, 5.74) is -0.428. The predicted molar refractivity (Wildman–Crippen MR) is 103 cm³/mol. The van der Waals surface area contributed by atoms with Crippen molar-refractivity contribution in [2.24, 2.45) is 0 Å². The van der Waals surface area contributed by atoms with Crippen LogP contribution in [0.15, 0.2) is 35.3 Å². The smallest absolute Gasteiger partial charge is 0.404 e. The van der Waals surface area contributed by atoms with Crippen LogP contribution in [0.25, 0.3) is 0 Å². The number of phosphoric ester groups is 1. The van der Waals surface area contributed by atoms with Crippen molar-refractivity contribution in [3.63, 3.8) is 0 Å². The maximum Gasteiger partial charge on any atom is 0.530 e. The van der Waals surface area contributed by atoms with Gasteiger partial charge >= 0.3 is 7.82 Å². The summed E-state index contributed by atoms with van der Waals surface area (Å²) < 4.78 is 57.1. The van der Waals surface area contributed by atoms with Crippen LogP contribution in [0.4, 0.5) is 4.39 Å². The number of aliphatic hydroxyl groups is 3. The summed E-state index contributed by atoms with van der Waals surface area (Å²) >= 11 is 4.94. The molecule has 5 atom stereocenters. The number of rotatable bonds is 5. The molecular formula is C17H18FN2O9PS. The van der Waals surface area contributed by atoms with Crippen molar-refractivity contribution in [1.82, 2.24) is 9.55 Å². The number of nitrogens with zero attached hydrogens (tertiary/aromatic N) is 1. The number of alkyl halides is 1. The van der Waals surface area contributed by atoms with Crippen LogP contribution in [0.2, 0.25) is 0 Å². The monoisotopic (exact) mass is 477 g/mol. The molecule has 0 aliphatic carbocycles. The topological polar surface area (TPSA) is 152 Å². The third kappa shape index (κ3) is 4.11. The van der Waals surface area contributed by atoms with Crippen molar-refractivity contribution in [3.05, 3.63) is 56.7 Å². The first-order chi connectivity index (χ1) is 15.0. The normalized spacial score (nSPS) is 35.3. The Morgan fingerprint density at radius 1 is 1.45 bits per heavy atom. The molecule has 168 valence electrons. The quantitative estimate of drug-likeness (QED) is 0.363. The highest BCUT2D eigenvalue weighted by Gasteiger charge is 2.57. The number of ether oxygens (including phenoxy) is 1. The number of benzene rings is 1. The molecule has 2 aliphatic heterocycles. The van der Waals surface area contributed by atoms with Crippen LogP contribution in [0.3, 0.4) is 0 Å². The Kier molecular flexibility index (Phi) is 5.52. The van der Waals surface area contributed by atoms with Crippen LogP contribution < -0.4 is 10.1 Å². The molecule has 4 N–H and O–H groups in total. The zero-order chi connectivity index (χ0) is 23.3. The number of fused-ring (bicyclic) bond motifs is 1. The lowest BCUT2D eigenvalue weighted by molar-refractivity contribution is -0.205. The summed E-state index contributed by atoms with van der Waals surface area (Å²) in [5.74, 6) is -3.04. The molecule has 1 aromatic heterocycles. The molecule has 11 nitrogen and oxygen atoms in total. The van der Waals surface area contributed by atoms with E-state index in [-0.39, 0.29) is 17.9 Å². The number of aromatic nitrogens is 2. The van der Waals surface area contributed by atoms with E-state index < -0.39 is 55.6 Å². The van der Waals surface area contributed by atoms with Crippen molar-refractivity contribution in [1.29, 1.82) is 0 Å². The van der Waals surface area contributed by atoms with Crippen LogP contribution in [0, 0.1) is 4.77 Å². The Morgan fingerprint density at radius 3 is 2.94 bits per heavy atom. The van der Waals surface area contributed by atoms with Gasteiger partial charge in [0.25, 0.3) is 11.4 Å². The molecule has 1 saturated heterocycles. The third-order valence-electron chi connectivity index (χ3n) is 4.67. The first-order valence-corrected chi connectivity index (χ1v) is 10.8. The van der Waals surface area contributed by atoms with Gasteiger partial charge in [0.15, 0.2) is 11.0 Å². The summed E-state index contributed by atoms with van der Waals surface area (Å²) in [6.45, 7) is -2.13. The summed E-state index contributed by atoms with van der Waals surface area (Å²) in [7, 11) is -4.31. The molecule has 0 amide bonds. The molecule has 2 aromatic rings. The van der Waals surface area contributed by atoms with Gasteiger partial charge in [0, 0.05) is 11.8 Å². The minimum Gasteiger partial charge on any atom is -0.404 e. The first kappa shape index (κ1) is 20.9. The van der Waals surface area contributed by atoms with Gasteiger partial charge in [-0.05, 0) is 18.3 Å². The summed E-state index contributed by atoms with van der Waals surface area (Å²) in [4.78, 5) is 13.9. The molecule has 4 rings (SSSR count). The Labute approximate surface area is 180 Å². The number of halogens is 1. The van der Waals surface area contributed by atoms with Crippen molar-refractivity contribution in [2.75, 3.05) is 6.61 Å². The van der Waals surface area contributed by atoms with E-state index in [4.69, 9.17) is 31.9 Å². The molecule has 2 aliphatic rings. The fraction of sp³-hybridized carbons (Fsp3) is 0.412. The summed E-state index contributed by atoms with van der Waals surface area (Å²) in [6, 6.07) is 6.50. The van der Waals surface area contributed by atoms with Crippen LogP contribution >= 0.6 is 20.0 Å². The second-order valence-corrected chi connectivity index (χ2v) is 8.73. The van der Waals surface area contributed by atoms with E-state index in [0.29, 0.717) is 10.1 Å². The molecule has 14 heteroatoms. The van der Waals surface area contributed by atoms with E-state index in [1.165, 1.54) is 6.07 Å². The number of aromatic amines is 1. The fourth-order valence-corrected chi connectivity index (χ4v) is 4.46. The van der Waals surface area contributed by atoms with E-state index in [2.05, 4.69) is 4.98 Å². The minimum atomic E-state index is -4.31. The van der Waals surface area contributed by atoms with Gasteiger partial charge in [0.2, 0.25) is 0 Å². The molecule has 1 fully saturated rings. The lowest BCUT2D eigenvalue weighted by Crippen LogP contribution is -2.43. The highest BCUT2D eigenvalue weighted by molar-refractivity contribution is 7.71. The second-order valence-electron chi connectivity index (χ2n) is 6.75. The Balaban J connectivity index is 1.58. The number of nitrogens with one attached hydrogen (secondary N) is 1. The molecule has 0 spiro atoms. The molecule has 1 unspecified atom stereocenters. The van der Waals surface area contributed by atoms with Gasteiger partial charge in [-0.25, -0.2) is 8.96 Å². The molecule has 0 bridgehead atoms. The van der Waals surface area contributed by atoms with Crippen molar-refractivity contribution < 1.29 is 44.0 Å². The number of aliphatic hydroxyl groups excluding tert-OH is 3. The third-order valence-corrected chi connectivity index (χ3v) is 6.28. The molecule has 1 aromatic carbocycles. The van der Waals surface area contributed by atoms with Crippen molar-refractivity contribution in [2.45, 2.75) is 37.5 Å². The Morgan fingerprint density at radius 2 is 2.19 bits per heavy atom.